The van der Waals surface area contributed by atoms with Crippen molar-refractivity contribution in [2.75, 3.05) is 26.8 Å². The minimum Gasteiger partial charge on any atom is -0.375 e. The number of rotatable bonds is 6. The summed E-state index contributed by atoms with van der Waals surface area (Å²) >= 11 is 0. The number of likely N-dealkylation sites (tertiary alicyclic amines) is 1. The third-order valence-corrected chi connectivity index (χ3v) is 5.34. The molecule has 0 unspecified atom stereocenters. The average Bonchev–Trinajstić information content (AvgIpc) is 3.47. The summed E-state index contributed by atoms with van der Waals surface area (Å²) < 4.78 is 6.51. The van der Waals surface area contributed by atoms with E-state index in [1.165, 1.54) is 7.11 Å². The van der Waals surface area contributed by atoms with E-state index >= 15 is 0 Å². The van der Waals surface area contributed by atoms with Crippen LogP contribution in [0.15, 0.2) is 36.4 Å². The van der Waals surface area contributed by atoms with Gasteiger partial charge in [0.25, 0.3) is 5.91 Å². The number of hydrogen-bond donors (Lipinski definition) is 2. The highest BCUT2D eigenvalue weighted by Crippen LogP contribution is 2.28. The standard InChI is InChI=1S/C21H25N7O3/c1-13-9-17(27(2)26-13)21(30)28-10-15(16(11-28)22-18(29)12-31-3)20-23-19(24-25-20)14-7-5-4-6-8-14/h4-9,15-16H,10-12H2,1-3H3,(H,22,29)(H,23,24,25)/t15-,16-/m1/s1. The Hall–Kier alpha value is -3.53. The quantitative estimate of drug-likeness (QED) is 0.608. The molecule has 0 bridgehead atoms. The molecule has 1 fully saturated rings. The number of benzene rings is 1. The van der Waals surface area contributed by atoms with Gasteiger partial charge in [0.2, 0.25) is 5.91 Å². The summed E-state index contributed by atoms with van der Waals surface area (Å²) in [5.41, 5.74) is 2.17. The van der Waals surface area contributed by atoms with E-state index in [4.69, 9.17) is 4.74 Å². The van der Waals surface area contributed by atoms with E-state index in [9.17, 15) is 9.59 Å². The number of H-pyrrole nitrogens is 1. The van der Waals surface area contributed by atoms with Crippen molar-refractivity contribution in [2.45, 2.75) is 18.9 Å². The molecule has 0 aliphatic carbocycles. The summed E-state index contributed by atoms with van der Waals surface area (Å²) in [5.74, 6) is 0.581. The third kappa shape index (κ3) is 4.33. The van der Waals surface area contributed by atoms with Crippen LogP contribution in [0.3, 0.4) is 0 Å². The maximum Gasteiger partial charge on any atom is 0.272 e. The van der Waals surface area contributed by atoms with Gasteiger partial charge in [0.15, 0.2) is 5.82 Å². The highest BCUT2D eigenvalue weighted by Gasteiger charge is 2.40. The molecule has 1 aromatic carbocycles. The van der Waals surface area contributed by atoms with Gasteiger partial charge in [-0.1, -0.05) is 30.3 Å². The number of hydrogen-bond acceptors (Lipinski definition) is 6. The molecule has 2 atom stereocenters. The number of nitrogens with one attached hydrogen (secondary N) is 2. The number of aryl methyl sites for hydroxylation is 2. The molecule has 10 nitrogen and oxygen atoms in total. The number of methoxy groups -OCH3 is 1. The van der Waals surface area contributed by atoms with Crippen LogP contribution in [0.5, 0.6) is 0 Å². The lowest BCUT2D eigenvalue weighted by Gasteiger charge is -2.17. The summed E-state index contributed by atoms with van der Waals surface area (Å²) in [6.07, 6.45) is 0. The number of amides is 2. The van der Waals surface area contributed by atoms with E-state index < -0.39 is 0 Å². The molecule has 2 amide bonds. The molecule has 2 N–H and O–H groups in total. The topological polar surface area (TPSA) is 118 Å². The zero-order valence-electron chi connectivity index (χ0n) is 17.7. The highest BCUT2D eigenvalue weighted by molar-refractivity contribution is 5.93. The molecule has 31 heavy (non-hydrogen) atoms. The van der Waals surface area contributed by atoms with Crippen molar-refractivity contribution >= 4 is 11.8 Å². The Kier molecular flexibility index (Phi) is 5.81. The zero-order valence-corrected chi connectivity index (χ0v) is 17.7. The van der Waals surface area contributed by atoms with E-state index in [1.807, 2.05) is 37.3 Å². The van der Waals surface area contributed by atoms with Crippen LogP contribution in [0.4, 0.5) is 0 Å². The van der Waals surface area contributed by atoms with Gasteiger partial charge in [0.05, 0.1) is 17.7 Å². The molecule has 162 valence electrons. The SMILES string of the molecule is COCC(=O)N[C@@H]1CN(C(=O)c2cc(C)nn2C)C[C@H]1c1nc(-c2ccccc2)n[nH]1. The molecule has 0 spiro atoms. The first kappa shape index (κ1) is 20.7. The van der Waals surface area contributed by atoms with Crippen molar-refractivity contribution < 1.29 is 14.3 Å². The molecular weight excluding hydrogens is 398 g/mol. The number of ether oxygens (including phenoxy) is 1. The highest BCUT2D eigenvalue weighted by atomic mass is 16.5. The van der Waals surface area contributed by atoms with Gasteiger partial charge in [-0.3, -0.25) is 19.4 Å². The van der Waals surface area contributed by atoms with E-state index in [2.05, 4.69) is 25.6 Å². The lowest BCUT2D eigenvalue weighted by atomic mass is 10.0. The summed E-state index contributed by atoms with van der Waals surface area (Å²) in [6, 6.07) is 11.1. The summed E-state index contributed by atoms with van der Waals surface area (Å²) in [7, 11) is 3.21. The average molecular weight is 423 g/mol. The van der Waals surface area contributed by atoms with Gasteiger partial charge in [-0.2, -0.15) is 10.2 Å². The minimum atomic E-state index is -0.322. The molecule has 1 aliphatic heterocycles. The van der Waals surface area contributed by atoms with Gasteiger partial charge in [0, 0.05) is 32.8 Å². The Labute approximate surface area is 179 Å². The van der Waals surface area contributed by atoms with Crippen LogP contribution >= 0.6 is 0 Å². The first-order chi connectivity index (χ1) is 15.0. The second kappa shape index (κ2) is 8.68. The second-order valence-corrected chi connectivity index (χ2v) is 7.63. The third-order valence-electron chi connectivity index (χ3n) is 5.34. The fourth-order valence-electron chi connectivity index (χ4n) is 3.90. The van der Waals surface area contributed by atoms with Crippen molar-refractivity contribution in [1.29, 1.82) is 0 Å². The van der Waals surface area contributed by atoms with Crippen LogP contribution < -0.4 is 5.32 Å². The van der Waals surface area contributed by atoms with E-state index in [0.717, 1.165) is 11.3 Å². The zero-order chi connectivity index (χ0) is 22.0. The largest absolute Gasteiger partial charge is 0.375 e. The van der Waals surface area contributed by atoms with Crippen molar-refractivity contribution in [1.82, 2.24) is 35.2 Å². The van der Waals surface area contributed by atoms with Gasteiger partial charge < -0.3 is 15.0 Å². The molecule has 3 heterocycles. The maximum absolute atomic E-state index is 13.1. The van der Waals surface area contributed by atoms with Gasteiger partial charge in [-0.05, 0) is 13.0 Å². The lowest BCUT2D eigenvalue weighted by Crippen LogP contribution is -2.42. The second-order valence-electron chi connectivity index (χ2n) is 7.63. The predicted octanol–water partition coefficient (Wildman–Crippen LogP) is 0.884. The van der Waals surface area contributed by atoms with Crippen LogP contribution in [0.2, 0.25) is 0 Å². The van der Waals surface area contributed by atoms with Crippen LogP contribution in [0.25, 0.3) is 11.4 Å². The van der Waals surface area contributed by atoms with Crippen LogP contribution in [0, 0.1) is 6.92 Å². The smallest absolute Gasteiger partial charge is 0.272 e. The van der Waals surface area contributed by atoms with Crippen molar-refractivity contribution in [3.63, 3.8) is 0 Å². The Morgan fingerprint density at radius 2 is 2.03 bits per heavy atom. The molecule has 4 rings (SSSR count). The monoisotopic (exact) mass is 423 g/mol. The minimum absolute atomic E-state index is 0.0518. The Bertz CT molecular complexity index is 1080. The molecular formula is C21H25N7O3. The number of carbonyl (C=O) groups is 2. The van der Waals surface area contributed by atoms with Gasteiger partial charge >= 0.3 is 0 Å². The van der Waals surface area contributed by atoms with Crippen LogP contribution in [0.1, 0.15) is 27.9 Å². The van der Waals surface area contributed by atoms with Crippen LogP contribution in [-0.4, -0.2) is 74.5 Å². The number of aromatic amines is 1. The lowest BCUT2D eigenvalue weighted by molar-refractivity contribution is -0.125. The molecule has 2 aromatic heterocycles. The number of nitrogens with zero attached hydrogens (tertiary/aromatic N) is 5. The molecule has 0 radical (unpaired) electrons. The molecule has 10 heteroatoms. The Morgan fingerprint density at radius 1 is 1.26 bits per heavy atom. The van der Waals surface area contributed by atoms with E-state index in [0.29, 0.717) is 30.4 Å². The van der Waals surface area contributed by atoms with Gasteiger partial charge in [-0.25, -0.2) is 4.98 Å². The first-order valence-corrected chi connectivity index (χ1v) is 10.0. The van der Waals surface area contributed by atoms with Crippen molar-refractivity contribution in [2.24, 2.45) is 7.05 Å². The molecule has 0 saturated carbocycles. The fraction of sp³-hybridized carbons (Fsp3) is 0.381. The number of carbonyl (C=O) groups excluding carboxylic acids is 2. The number of aromatic nitrogens is 5. The predicted molar refractivity (Wildman–Crippen MR) is 112 cm³/mol. The Balaban J connectivity index is 1.59. The summed E-state index contributed by atoms with van der Waals surface area (Å²) in [6.45, 7) is 2.54. The van der Waals surface area contributed by atoms with E-state index in [-0.39, 0.29) is 30.4 Å². The molecule has 1 saturated heterocycles. The van der Waals surface area contributed by atoms with Gasteiger partial charge in [-0.15, -0.1) is 0 Å². The van der Waals surface area contributed by atoms with Crippen LogP contribution in [-0.2, 0) is 16.6 Å². The van der Waals surface area contributed by atoms with Crippen molar-refractivity contribution in [3.8, 4) is 11.4 Å². The normalized spacial score (nSPS) is 18.4. The van der Waals surface area contributed by atoms with Gasteiger partial charge in [0.1, 0.15) is 18.1 Å². The molecule has 3 aromatic rings. The first-order valence-electron chi connectivity index (χ1n) is 10.0. The summed E-state index contributed by atoms with van der Waals surface area (Å²) in [5, 5.41) is 14.6. The van der Waals surface area contributed by atoms with Crippen molar-refractivity contribution in [3.05, 3.63) is 53.6 Å². The Morgan fingerprint density at radius 3 is 2.71 bits per heavy atom. The molecule has 1 aliphatic rings. The fourth-order valence-corrected chi connectivity index (χ4v) is 3.90. The summed E-state index contributed by atoms with van der Waals surface area (Å²) in [4.78, 5) is 31.7. The maximum atomic E-state index is 13.1. The van der Waals surface area contributed by atoms with E-state index in [1.54, 1.807) is 22.7 Å².